The molecule has 0 spiro atoms. The minimum absolute atomic E-state index is 0.0582. The molecule has 0 radical (unpaired) electrons. The monoisotopic (exact) mass is 346 g/mol. The maximum Gasteiger partial charge on any atom is 0.251 e. The molecule has 132 valence electrons. The van der Waals surface area contributed by atoms with Crippen LogP contribution in [0.4, 0.5) is 14.6 Å². The van der Waals surface area contributed by atoms with E-state index in [0.29, 0.717) is 5.82 Å². The molecule has 1 aliphatic rings. The third-order valence-corrected chi connectivity index (χ3v) is 4.16. The van der Waals surface area contributed by atoms with Crippen LogP contribution < -0.4 is 10.2 Å². The first kappa shape index (κ1) is 17.3. The molecule has 1 amide bonds. The average Bonchev–Trinajstić information content (AvgIpc) is 2.62. The van der Waals surface area contributed by atoms with Gasteiger partial charge in [-0.2, -0.15) is 0 Å². The smallest absolute Gasteiger partial charge is 0.251 e. The highest BCUT2D eigenvalue weighted by Gasteiger charge is 2.15. The third kappa shape index (κ3) is 4.29. The Morgan fingerprint density at radius 1 is 1.12 bits per heavy atom. The average molecular weight is 346 g/mol. The van der Waals surface area contributed by atoms with Gasteiger partial charge in [0.25, 0.3) is 5.91 Å². The van der Waals surface area contributed by atoms with Crippen LogP contribution in [0, 0.1) is 18.6 Å². The Kier molecular flexibility index (Phi) is 5.21. The van der Waals surface area contributed by atoms with E-state index in [1.165, 1.54) is 12.5 Å². The molecule has 1 aromatic carbocycles. The lowest BCUT2D eigenvalue weighted by Crippen LogP contribution is -2.31. The zero-order valence-electron chi connectivity index (χ0n) is 14.1. The van der Waals surface area contributed by atoms with Crippen molar-refractivity contribution in [3.63, 3.8) is 0 Å². The van der Waals surface area contributed by atoms with Crippen LogP contribution in [-0.2, 0) is 6.54 Å². The quantitative estimate of drug-likeness (QED) is 0.925. The van der Waals surface area contributed by atoms with Crippen molar-refractivity contribution < 1.29 is 13.6 Å². The normalized spacial score (nSPS) is 14.4. The number of aryl methyl sites for hydroxylation is 1. The molecule has 5 nitrogen and oxygen atoms in total. The highest BCUT2D eigenvalue weighted by atomic mass is 19.2. The summed E-state index contributed by atoms with van der Waals surface area (Å²) in [6, 6.07) is 4.98. The third-order valence-electron chi connectivity index (χ3n) is 4.16. The summed E-state index contributed by atoms with van der Waals surface area (Å²) in [4.78, 5) is 23.2. The zero-order chi connectivity index (χ0) is 17.8. The van der Waals surface area contributed by atoms with Crippen molar-refractivity contribution in [2.75, 3.05) is 18.0 Å². The van der Waals surface area contributed by atoms with E-state index in [0.717, 1.165) is 49.6 Å². The summed E-state index contributed by atoms with van der Waals surface area (Å²) in [7, 11) is 0. The first-order valence-corrected chi connectivity index (χ1v) is 8.36. The van der Waals surface area contributed by atoms with Crippen molar-refractivity contribution in [3.8, 4) is 0 Å². The summed E-state index contributed by atoms with van der Waals surface area (Å²) >= 11 is 0. The van der Waals surface area contributed by atoms with Gasteiger partial charge in [0.15, 0.2) is 11.6 Å². The molecule has 1 aliphatic heterocycles. The van der Waals surface area contributed by atoms with E-state index in [1.807, 2.05) is 13.0 Å². The van der Waals surface area contributed by atoms with E-state index in [9.17, 15) is 13.6 Å². The second kappa shape index (κ2) is 7.55. The molecule has 3 rings (SSSR count). The van der Waals surface area contributed by atoms with Gasteiger partial charge in [-0.15, -0.1) is 0 Å². The van der Waals surface area contributed by atoms with Gasteiger partial charge in [0.2, 0.25) is 0 Å². The molecule has 1 saturated heterocycles. The van der Waals surface area contributed by atoms with Crippen molar-refractivity contribution in [1.82, 2.24) is 15.3 Å². The van der Waals surface area contributed by atoms with E-state index in [1.54, 1.807) is 0 Å². The molecular formula is C18H20F2N4O. The summed E-state index contributed by atoms with van der Waals surface area (Å²) in [5, 5.41) is 2.65. The number of carbonyl (C=O) groups is 1. The Balaban J connectivity index is 1.68. The van der Waals surface area contributed by atoms with Gasteiger partial charge in [-0.3, -0.25) is 4.79 Å². The van der Waals surface area contributed by atoms with Gasteiger partial charge in [0, 0.05) is 30.4 Å². The second-order valence-corrected chi connectivity index (χ2v) is 6.14. The van der Waals surface area contributed by atoms with Crippen molar-refractivity contribution in [2.45, 2.75) is 32.7 Å². The minimum Gasteiger partial charge on any atom is -0.357 e. The number of nitrogens with one attached hydrogen (secondary N) is 1. The van der Waals surface area contributed by atoms with E-state index >= 15 is 0 Å². The van der Waals surface area contributed by atoms with Crippen LogP contribution in [0.15, 0.2) is 24.3 Å². The molecule has 0 unspecified atom stereocenters. The fraction of sp³-hybridized carbons (Fsp3) is 0.389. The zero-order valence-corrected chi connectivity index (χ0v) is 14.1. The van der Waals surface area contributed by atoms with Crippen molar-refractivity contribution in [2.24, 2.45) is 0 Å². The van der Waals surface area contributed by atoms with Crippen LogP contribution in [0.1, 0.15) is 41.1 Å². The number of benzene rings is 1. The molecule has 1 aromatic heterocycles. The van der Waals surface area contributed by atoms with E-state index in [4.69, 9.17) is 0 Å². The molecule has 1 N–H and O–H groups in total. The van der Waals surface area contributed by atoms with Gasteiger partial charge in [0.05, 0.1) is 6.54 Å². The van der Waals surface area contributed by atoms with Gasteiger partial charge in [-0.25, -0.2) is 18.7 Å². The predicted octanol–water partition coefficient (Wildman–Crippen LogP) is 2.98. The topological polar surface area (TPSA) is 58.1 Å². The summed E-state index contributed by atoms with van der Waals surface area (Å²) < 4.78 is 26.2. The van der Waals surface area contributed by atoms with E-state index < -0.39 is 17.5 Å². The van der Waals surface area contributed by atoms with E-state index in [2.05, 4.69) is 20.2 Å². The highest BCUT2D eigenvalue weighted by Crippen LogP contribution is 2.18. The van der Waals surface area contributed by atoms with Crippen LogP contribution in [0.5, 0.6) is 0 Å². The number of rotatable bonds is 4. The molecule has 0 saturated carbocycles. The van der Waals surface area contributed by atoms with Crippen LogP contribution in [0.2, 0.25) is 0 Å². The number of halogens is 2. The molecular weight excluding hydrogens is 326 g/mol. The lowest BCUT2D eigenvalue weighted by molar-refractivity contribution is 0.0949. The molecule has 2 heterocycles. The SMILES string of the molecule is Cc1cc(N2CCCCC2)nc(CNC(=O)c2ccc(F)c(F)c2)n1. The van der Waals surface area contributed by atoms with Gasteiger partial charge in [0.1, 0.15) is 11.6 Å². The fourth-order valence-electron chi connectivity index (χ4n) is 2.88. The Hall–Kier alpha value is -2.57. The Bertz CT molecular complexity index is 776. The number of aromatic nitrogens is 2. The van der Waals surface area contributed by atoms with Crippen LogP contribution in [-0.4, -0.2) is 29.0 Å². The fourth-order valence-corrected chi connectivity index (χ4v) is 2.88. The second-order valence-electron chi connectivity index (χ2n) is 6.14. The van der Waals surface area contributed by atoms with Crippen molar-refractivity contribution in [3.05, 3.63) is 53.0 Å². The number of hydrogen-bond acceptors (Lipinski definition) is 4. The first-order valence-electron chi connectivity index (χ1n) is 8.36. The number of anilines is 1. The summed E-state index contributed by atoms with van der Waals surface area (Å²) in [5.74, 6) is -1.17. The first-order chi connectivity index (χ1) is 12.0. The van der Waals surface area contributed by atoms with Crippen molar-refractivity contribution >= 4 is 11.7 Å². The van der Waals surface area contributed by atoms with Gasteiger partial charge < -0.3 is 10.2 Å². The summed E-state index contributed by atoms with van der Waals surface area (Å²) in [6.45, 7) is 3.95. The number of hydrogen-bond donors (Lipinski definition) is 1. The lowest BCUT2D eigenvalue weighted by Gasteiger charge is -2.28. The lowest BCUT2D eigenvalue weighted by atomic mass is 10.1. The largest absolute Gasteiger partial charge is 0.357 e. The molecule has 0 bridgehead atoms. The molecule has 0 aliphatic carbocycles. The Morgan fingerprint density at radius 3 is 2.60 bits per heavy atom. The summed E-state index contributed by atoms with van der Waals surface area (Å²) in [5.41, 5.74) is 0.885. The maximum absolute atomic E-state index is 13.2. The van der Waals surface area contributed by atoms with E-state index in [-0.39, 0.29) is 12.1 Å². The van der Waals surface area contributed by atoms with Gasteiger partial charge >= 0.3 is 0 Å². The minimum atomic E-state index is -1.05. The molecule has 7 heteroatoms. The van der Waals surface area contributed by atoms with Gasteiger partial charge in [-0.1, -0.05) is 0 Å². The maximum atomic E-state index is 13.2. The summed E-state index contributed by atoms with van der Waals surface area (Å²) in [6.07, 6.45) is 3.52. The number of piperidine rings is 1. The Morgan fingerprint density at radius 2 is 1.88 bits per heavy atom. The molecule has 2 aromatic rings. The number of carbonyl (C=O) groups excluding carboxylic acids is 1. The number of amides is 1. The Labute approximate surface area is 145 Å². The van der Waals surface area contributed by atoms with Crippen LogP contribution in [0.25, 0.3) is 0 Å². The predicted molar refractivity (Wildman–Crippen MR) is 90.4 cm³/mol. The van der Waals surface area contributed by atoms with Crippen molar-refractivity contribution in [1.29, 1.82) is 0 Å². The molecule has 1 fully saturated rings. The molecule has 25 heavy (non-hydrogen) atoms. The highest BCUT2D eigenvalue weighted by molar-refractivity contribution is 5.94. The molecule has 0 atom stereocenters. The van der Waals surface area contributed by atoms with Crippen LogP contribution >= 0.6 is 0 Å². The standard InChI is InChI=1S/C18H20F2N4O/c1-12-9-17(24-7-3-2-4-8-24)23-16(22-12)11-21-18(25)13-5-6-14(19)15(20)10-13/h5-6,9-10H,2-4,7-8,11H2,1H3,(H,21,25). The van der Waals surface area contributed by atoms with Gasteiger partial charge in [-0.05, 0) is 44.4 Å². The van der Waals surface area contributed by atoms with Crippen LogP contribution in [0.3, 0.4) is 0 Å². The number of nitrogens with zero attached hydrogens (tertiary/aromatic N) is 3.